The molecule has 116 valence electrons. The van der Waals surface area contributed by atoms with E-state index in [1.54, 1.807) is 24.8 Å². The van der Waals surface area contributed by atoms with Crippen LogP contribution in [0.3, 0.4) is 0 Å². The number of carbonyl (C=O) groups is 1. The fourth-order valence-electron chi connectivity index (χ4n) is 3.16. The zero-order chi connectivity index (χ0) is 16.1. The van der Waals surface area contributed by atoms with Gasteiger partial charge in [0.1, 0.15) is 11.2 Å². The molecule has 2 heterocycles. The Hall–Kier alpha value is -2.20. The van der Waals surface area contributed by atoms with Crippen LogP contribution in [0, 0.1) is 6.92 Å². The zero-order valence-electron chi connectivity index (χ0n) is 13.3. The summed E-state index contributed by atoms with van der Waals surface area (Å²) in [5.74, 6) is 0.0719. The lowest BCUT2D eigenvalue weighted by Gasteiger charge is -2.18. The van der Waals surface area contributed by atoms with Gasteiger partial charge in [0, 0.05) is 22.9 Å². The van der Waals surface area contributed by atoms with Crippen molar-refractivity contribution in [2.45, 2.75) is 25.7 Å². The number of nitrogens with zero attached hydrogens (tertiary/aromatic N) is 1. The largest absolute Gasteiger partial charge is 0.456 e. The Bertz CT molecular complexity index is 984. The Morgan fingerprint density at radius 2 is 2.09 bits per heavy atom. The maximum absolute atomic E-state index is 11.5. The molecular formula is C19H17NO2S. The van der Waals surface area contributed by atoms with Gasteiger partial charge in [0.25, 0.3) is 0 Å². The molecule has 0 N–H and O–H groups in total. The van der Waals surface area contributed by atoms with Gasteiger partial charge in [0.05, 0.1) is 16.1 Å². The lowest BCUT2D eigenvalue weighted by molar-refractivity contribution is -0.112. The Balaban J connectivity index is 2.05. The number of furan rings is 1. The second-order valence-corrected chi connectivity index (χ2v) is 6.89. The van der Waals surface area contributed by atoms with Crippen molar-refractivity contribution in [2.24, 2.45) is 0 Å². The summed E-state index contributed by atoms with van der Waals surface area (Å²) in [6.07, 6.45) is 1.71. The second-order valence-electron chi connectivity index (χ2n) is 5.83. The zero-order valence-corrected chi connectivity index (χ0v) is 14.2. The summed E-state index contributed by atoms with van der Waals surface area (Å²) in [4.78, 5) is 14.9. The molecule has 0 atom stereocenters. The molecule has 0 saturated heterocycles. The van der Waals surface area contributed by atoms with Gasteiger partial charge in [-0.05, 0) is 44.5 Å². The van der Waals surface area contributed by atoms with E-state index < -0.39 is 0 Å². The van der Waals surface area contributed by atoms with Gasteiger partial charge in [-0.15, -0.1) is 0 Å². The third-order valence-corrected chi connectivity index (χ3v) is 5.22. The Morgan fingerprint density at radius 3 is 2.83 bits per heavy atom. The molecule has 4 rings (SSSR count). The van der Waals surface area contributed by atoms with Gasteiger partial charge < -0.3 is 9.32 Å². The molecule has 2 aromatic carbocycles. The van der Waals surface area contributed by atoms with E-state index in [2.05, 4.69) is 43.0 Å². The molecule has 3 nitrogen and oxygen atoms in total. The van der Waals surface area contributed by atoms with E-state index in [9.17, 15) is 4.79 Å². The van der Waals surface area contributed by atoms with Crippen LogP contribution in [0.4, 0.5) is 5.69 Å². The fourth-order valence-corrected chi connectivity index (χ4v) is 4.39. The molecule has 4 heteroatoms. The number of allylic oxidation sites excluding steroid dienone is 1. The van der Waals surface area contributed by atoms with E-state index in [0.717, 1.165) is 39.2 Å². The number of hydrogen-bond acceptors (Lipinski definition) is 4. The van der Waals surface area contributed by atoms with Gasteiger partial charge in [-0.2, -0.15) is 0 Å². The highest BCUT2D eigenvalue weighted by atomic mass is 32.2. The first kappa shape index (κ1) is 14.4. The summed E-state index contributed by atoms with van der Waals surface area (Å²) < 4.78 is 6.05. The molecule has 1 aliphatic rings. The van der Waals surface area contributed by atoms with Crippen molar-refractivity contribution in [3.63, 3.8) is 0 Å². The molecule has 0 unspecified atom stereocenters. The molecule has 0 amide bonds. The summed E-state index contributed by atoms with van der Waals surface area (Å²) in [6, 6.07) is 10.4. The van der Waals surface area contributed by atoms with Crippen molar-refractivity contribution in [1.29, 1.82) is 0 Å². The van der Waals surface area contributed by atoms with Gasteiger partial charge in [0.2, 0.25) is 0 Å². The minimum atomic E-state index is 0.0719. The van der Waals surface area contributed by atoms with Crippen LogP contribution >= 0.6 is 11.8 Å². The fraction of sp³-hybridized carbons (Fsp3) is 0.211. The van der Waals surface area contributed by atoms with Crippen LogP contribution in [0.1, 0.15) is 19.4 Å². The van der Waals surface area contributed by atoms with Gasteiger partial charge in [-0.25, -0.2) is 0 Å². The van der Waals surface area contributed by atoms with Crippen LogP contribution < -0.4 is 4.90 Å². The Kier molecular flexibility index (Phi) is 3.23. The Labute approximate surface area is 138 Å². The number of hydrogen-bond donors (Lipinski definition) is 0. The predicted octanol–water partition coefficient (Wildman–Crippen LogP) is 5.26. The first-order valence-corrected chi connectivity index (χ1v) is 8.53. The number of rotatable bonds is 2. The van der Waals surface area contributed by atoms with Crippen LogP contribution in [0.25, 0.3) is 21.9 Å². The summed E-state index contributed by atoms with van der Waals surface area (Å²) in [5.41, 5.74) is 4.16. The molecule has 1 aromatic heterocycles. The summed E-state index contributed by atoms with van der Waals surface area (Å²) >= 11 is 1.65. The van der Waals surface area contributed by atoms with Crippen molar-refractivity contribution in [3.8, 4) is 0 Å². The maximum atomic E-state index is 11.5. The van der Waals surface area contributed by atoms with Crippen molar-refractivity contribution < 1.29 is 9.21 Å². The molecule has 0 bridgehead atoms. The van der Waals surface area contributed by atoms with Gasteiger partial charge in [-0.1, -0.05) is 23.9 Å². The minimum absolute atomic E-state index is 0.0719. The average Bonchev–Trinajstić information content (AvgIpc) is 3.02. The third-order valence-electron chi connectivity index (χ3n) is 4.12. The maximum Gasteiger partial charge on any atom is 0.155 e. The third kappa shape index (κ3) is 2.17. The van der Waals surface area contributed by atoms with Crippen LogP contribution in [0.2, 0.25) is 0 Å². The standard InChI is InChI=1S/C19H17NO2S/c1-4-20-17(10-12(3)21)23-16-8-7-14-18(19(16)20)13-6-5-11(2)9-15(13)22-14/h5-10H,4H2,1-3H3. The van der Waals surface area contributed by atoms with E-state index in [-0.39, 0.29) is 5.78 Å². The molecule has 0 saturated carbocycles. The smallest absolute Gasteiger partial charge is 0.155 e. The van der Waals surface area contributed by atoms with Gasteiger partial charge in [-0.3, -0.25) is 4.79 Å². The van der Waals surface area contributed by atoms with Crippen LogP contribution in [0.5, 0.6) is 0 Å². The number of ketones is 1. The lowest BCUT2D eigenvalue weighted by Crippen LogP contribution is -2.17. The van der Waals surface area contributed by atoms with Crippen LogP contribution in [-0.2, 0) is 4.79 Å². The van der Waals surface area contributed by atoms with Gasteiger partial charge >= 0.3 is 0 Å². The van der Waals surface area contributed by atoms with E-state index in [1.807, 2.05) is 6.07 Å². The van der Waals surface area contributed by atoms with E-state index in [4.69, 9.17) is 4.42 Å². The number of aryl methyl sites for hydroxylation is 1. The first-order valence-electron chi connectivity index (χ1n) is 7.72. The van der Waals surface area contributed by atoms with E-state index >= 15 is 0 Å². The van der Waals surface area contributed by atoms with Crippen molar-refractivity contribution in [1.82, 2.24) is 0 Å². The SMILES string of the molecule is CCN1C(=CC(C)=O)Sc2ccc3oc4cc(C)ccc4c3c21. The highest BCUT2D eigenvalue weighted by Crippen LogP contribution is 2.51. The molecule has 23 heavy (non-hydrogen) atoms. The number of carbonyl (C=O) groups excluding carboxylic acids is 1. The first-order chi connectivity index (χ1) is 11.1. The highest BCUT2D eigenvalue weighted by Gasteiger charge is 2.28. The predicted molar refractivity (Wildman–Crippen MR) is 96.1 cm³/mol. The molecule has 0 fully saturated rings. The summed E-state index contributed by atoms with van der Waals surface area (Å²) in [6.45, 7) is 6.58. The normalized spacial score (nSPS) is 15.8. The highest BCUT2D eigenvalue weighted by molar-refractivity contribution is 8.03. The van der Waals surface area contributed by atoms with E-state index in [1.165, 1.54) is 10.5 Å². The van der Waals surface area contributed by atoms with Crippen LogP contribution in [-0.4, -0.2) is 12.3 Å². The molecule has 1 aliphatic heterocycles. The number of thioether (sulfide) groups is 1. The lowest BCUT2D eigenvalue weighted by atomic mass is 10.1. The van der Waals surface area contributed by atoms with Crippen molar-refractivity contribution in [3.05, 3.63) is 47.0 Å². The topological polar surface area (TPSA) is 33.5 Å². The quantitative estimate of drug-likeness (QED) is 0.603. The van der Waals surface area contributed by atoms with Crippen LogP contribution in [0.15, 0.2) is 50.7 Å². The van der Waals surface area contributed by atoms with Crippen molar-refractivity contribution in [2.75, 3.05) is 11.4 Å². The second kappa shape index (κ2) is 5.17. The van der Waals surface area contributed by atoms with Gasteiger partial charge in [0.15, 0.2) is 5.78 Å². The Morgan fingerprint density at radius 1 is 1.26 bits per heavy atom. The minimum Gasteiger partial charge on any atom is -0.456 e. The monoisotopic (exact) mass is 323 g/mol. The average molecular weight is 323 g/mol. The molecule has 0 radical (unpaired) electrons. The molecular weight excluding hydrogens is 306 g/mol. The number of anilines is 1. The van der Waals surface area contributed by atoms with Crippen molar-refractivity contribution >= 4 is 45.2 Å². The molecule has 3 aromatic rings. The number of fused-ring (bicyclic) bond motifs is 5. The number of benzene rings is 2. The molecule has 0 spiro atoms. The summed E-state index contributed by atoms with van der Waals surface area (Å²) in [7, 11) is 0. The summed E-state index contributed by atoms with van der Waals surface area (Å²) in [5, 5.41) is 3.26. The molecule has 0 aliphatic carbocycles. The van der Waals surface area contributed by atoms with E-state index in [0.29, 0.717) is 0 Å².